The molecule has 1 fully saturated rings. The fraction of sp³-hybridized carbons (Fsp3) is 0.667. The van der Waals surface area contributed by atoms with Crippen LogP contribution in [0.5, 0.6) is 0 Å². The van der Waals surface area contributed by atoms with Crippen LogP contribution in [-0.2, 0) is 16.4 Å². The standard InChI is InChI=1S/C30H42F3N3O4S/c1-5-41(39,40)25-12-10-23(11-13-25)29(4,18-37)35-28(38)21-14-22-17-36(27(19(2)3)26(22)34-15-21)16-20-6-8-24(9-7-20)30(31,32)33/h10-12,14-15,19-20,24-25,27,37H,5-9,13,16-18H2,1-4H3,(H,35,38)/t20?,24?,25?,27-,29?/m1/s1. The Morgan fingerprint density at radius 2 is 1.90 bits per heavy atom. The number of sulfone groups is 1. The first-order valence-electron chi connectivity index (χ1n) is 14.5. The second kappa shape index (κ2) is 12.2. The van der Waals surface area contributed by atoms with E-state index in [4.69, 9.17) is 0 Å². The van der Waals surface area contributed by atoms with E-state index in [0.717, 1.165) is 11.3 Å². The Labute approximate surface area is 241 Å². The molecule has 2 aliphatic carbocycles. The number of pyridine rings is 1. The van der Waals surface area contributed by atoms with E-state index in [1.54, 1.807) is 32.1 Å². The number of nitrogens with zero attached hydrogens (tertiary/aromatic N) is 2. The predicted molar refractivity (Wildman–Crippen MR) is 152 cm³/mol. The summed E-state index contributed by atoms with van der Waals surface area (Å²) in [5.74, 6) is -1.13. The third kappa shape index (κ3) is 6.88. The average molecular weight is 598 g/mol. The Hall–Kier alpha value is -2.24. The Bertz CT molecular complexity index is 1290. The number of alkyl halides is 3. The largest absolute Gasteiger partial charge is 0.394 e. The number of nitrogens with one attached hydrogen (secondary N) is 1. The summed E-state index contributed by atoms with van der Waals surface area (Å²) in [6, 6.07) is 1.84. The first-order valence-corrected chi connectivity index (χ1v) is 16.2. The van der Waals surface area contributed by atoms with Gasteiger partial charge in [-0.2, -0.15) is 13.2 Å². The van der Waals surface area contributed by atoms with Crippen molar-refractivity contribution in [3.8, 4) is 0 Å². The summed E-state index contributed by atoms with van der Waals surface area (Å²) in [5.41, 5.74) is 1.69. The number of aliphatic hydroxyl groups excluding tert-OH is 1. The zero-order valence-corrected chi connectivity index (χ0v) is 25.1. The van der Waals surface area contributed by atoms with Gasteiger partial charge < -0.3 is 10.4 Å². The van der Waals surface area contributed by atoms with Gasteiger partial charge in [0.15, 0.2) is 9.84 Å². The number of allylic oxidation sites excluding steroid dienone is 1. The summed E-state index contributed by atoms with van der Waals surface area (Å²) in [5, 5.41) is 12.5. The van der Waals surface area contributed by atoms with Gasteiger partial charge >= 0.3 is 6.18 Å². The molecule has 7 nitrogen and oxygen atoms in total. The molecular formula is C30H42F3N3O4S. The van der Waals surface area contributed by atoms with Crippen molar-refractivity contribution in [3.63, 3.8) is 0 Å². The Balaban J connectivity index is 1.45. The van der Waals surface area contributed by atoms with Crippen LogP contribution in [0.15, 0.2) is 36.1 Å². The molecule has 2 heterocycles. The first kappa shape index (κ1) is 31.7. The van der Waals surface area contributed by atoms with Crippen molar-refractivity contribution in [2.75, 3.05) is 18.9 Å². The molecule has 1 amide bonds. The molecule has 2 N–H and O–H groups in total. The van der Waals surface area contributed by atoms with E-state index < -0.39 is 38.6 Å². The van der Waals surface area contributed by atoms with Gasteiger partial charge in [-0.25, -0.2) is 8.42 Å². The van der Waals surface area contributed by atoms with E-state index >= 15 is 0 Å². The number of amides is 1. The van der Waals surface area contributed by atoms with Gasteiger partial charge in [0, 0.05) is 25.0 Å². The van der Waals surface area contributed by atoms with E-state index in [1.165, 1.54) is 6.20 Å². The van der Waals surface area contributed by atoms with E-state index in [9.17, 15) is 31.5 Å². The van der Waals surface area contributed by atoms with Gasteiger partial charge in [0.2, 0.25) is 0 Å². The van der Waals surface area contributed by atoms with Crippen molar-refractivity contribution in [2.24, 2.45) is 17.8 Å². The highest BCUT2D eigenvalue weighted by molar-refractivity contribution is 7.92. The van der Waals surface area contributed by atoms with Gasteiger partial charge in [-0.3, -0.25) is 14.7 Å². The molecule has 228 valence electrons. The average Bonchev–Trinajstić information content (AvgIpc) is 3.30. The lowest BCUT2D eigenvalue weighted by molar-refractivity contribution is -0.184. The monoisotopic (exact) mass is 597 g/mol. The van der Waals surface area contributed by atoms with Crippen LogP contribution < -0.4 is 5.32 Å². The summed E-state index contributed by atoms with van der Waals surface area (Å²) in [7, 11) is -3.24. The minimum Gasteiger partial charge on any atom is -0.394 e. The van der Waals surface area contributed by atoms with Crippen LogP contribution in [0.4, 0.5) is 13.2 Å². The van der Waals surface area contributed by atoms with Crippen molar-refractivity contribution >= 4 is 15.7 Å². The van der Waals surface area contributed by atoms with Crippen LogP contribution in [0.1, 0.15) is 87.5 Å². The highest BCUT2D eigenvalue weighted by Crippen LogP contribution is 2.43. The molecule has 4 rings (SSSR count). The van der Waals surface area contributed by atoms with Crippen molar-refractivity contribution in [3.05, 3.63) is 52.9 Å². The first-order chi connectivity index (χ1) is 19.2. The summed E-state index contributed by atoms with van der Waals surface area (Å²) in [6.45, 7) is 8.40. The Kier molecular flexibility index (Phi) is 9.40. The van der Waals surface area contributed by atoms with Gasteiger partial charge in [0.25, 0.3) is 5.91 Å². The van der Waals surface area contributed by atoms with Crippen LogP contribution in [0, 0.1) is 17.8 Å². The molecular weight excluding hydrogens is 555 g/mol. The lowest BCUT2D eigenvalue weighted by Gasteiger charge is -2.35. The maximum atomic E-state index is 13.3. The summed E-state index contributed by atoms with van der Waals surface area (Å²) < 4.78 is 63.9. The Morgan fingerprint density at radius 1 is 1.22 bits per heavy atom. The van der Waals surface area contributed by atoms with Crippen LogP contribution >= 0.6 is 0 Å². The molecule has 0 radical (unpaired) electrons. The minimum absolute atomic E-state index is 0.0232. The molecule has 11 heteroatoms. The highest BCUT2D eigenvalue weighted by atomic mass is 32.2. The van der Waals surface area contributed by atoms with Crippen LogP contribution in [0.3, 0.4) is 0 Å². The van der Waals surface area contributed by atoms with E-state index in [2.05, 4.69) is 29.0 Å². The zero-order valence-electron chi connectivity index (χ0n) is 24.2. The van der Waals surface area contributed by atoms with Gasteiger partial charge in [-0.1, -0.05) is 39.0 Å². The predicted octanol–water partition coefficient (Wildman–Crippen LogP) is 5.13. The second-order valence-electron chi connectivity index (χ2n) is 12.3. The summed E-state index contributed by atoms with van der Waals surface area (Å²) >= 11 is 0. The quantitative estimate of drug-likeness (QED) is 0.409. The molecule has 0 bridgehead atoms. The van der Waals surface area contributed by atoms with E-state index in [-0.39, 0.29) is 49.5 Å². The van der Waals surface area contributed by atoms with E-state index in [1.807, 2.05) is 6.07 Å². The lowest BCUT2D eigenvalue weighted by Crippen LogP contribution is -2.50. The fourth-order valence-electron chi connectivity index (χ4n) is 6.46. The number of hydrogen-bond donors (Lipinski definition) is 2. The lowest BCUT2D eigenvalue weighted by atomic mass is 9.81. The molecule has 2 unspecified atom stereocenters. The molecule has 1 aromatic heterocycles. The maximum absolute atomic E-state index is 13.3. The van der Waals surface area contributed by atoms with Crippen molar-refractivity contribution in [1.82, 2.24) is 15.2 Å². The number of rotatable bonds is 9. The SMILES string of the molecule is CCS(=O)(=O)C1C=CC(C(C)(CO)NC(=O)c2cnc3c(c2)CN(CC2CCC(C(F)(F)F)CC2)[C@@H]3C(C)C)=CC1. The zero-order chi connectivity index (χ0) is 30.2. The maximum Gasteiger partial charge on any atom is 0.391 e. The van der Waals surface area contributed by atoms with Crippen molar-refractivity contribution in [1.29, 1.82) is 0 Å². The number of aromatic nitrogens is 1. The van der Waals surface area contributed by atoms with Gasteiger partial charge in [-0.15, -0.1) is 0 Å². The summed E-state index contributed by atoms with van der Waals surface area (Å²) in [4.78, 5) is 20.3. The van der Waals surface area contributed by atoms with Crippen LogP contribution in [-0.4, -0.2) is 65.2 Å². The van der Waals surface area contributed by atoms with Crippen molar-refractivity contribution in [2.45, 2.75) is 89.4 Å². The van der Waals surface area contributed by atoms with Crippen molar-refractivity contribution < 1.29 is 31.5 Å². The molecule has 1 aliphatic heterocycles. The van der Waals surface area contributed by atoms with Gasteiger partial charge in [-0.05, 0) is 68.1 Å². The molecule has 0 saturated heterocycles. The fourth-order valence-corrected chi connectivity index (χ4v) is 7.60. The third-order valence-electron chi connectivity index (χ3n) is 9.01. The Morgan fingerprint density at radius 3 is 2.44 bits per heavy atom. The number of halogens is 3. The number of aliphatic hydroxyl groups is 1. The number of carbonyl (C=O) groups excluding carboxylic acids is 1. The van der Waals surface area contributed by atoms with Gasteiger partial charge in [0.05, 0.1) is 40.6 Å². The number of fused-ring (bicyclic) bond motifs is 1. The number of carbonyl (C=O) groups is 1. The van der Waals surface area contributed by atoms with E-state index in [0.29, 0.717) is 37.1 Å². The number of hydrogen-bond acceptors (Lipinski definition) is 6. The normalized spacial score (nSPS) is 26.9. The molecule has 1 aromatic rings. The summed E-state index contributed by atoms with van der Waals surface area (Å²) in [6.07, 6.45) is 4.17. The third-order valence-corrected chi connectivity index (χ3v) is 11.1. The molecule has 0 aromatic carbocycles. The molecule has 41 heavy (non-hydrogen) atoms. The topological polar surface area (TPSA) is 99.6 Å². The molecule has 3 aliphatic rings. The van der Waals surface area contributed by atoms with Crippen LogP contribution in [0.2, 0.25) is 0 Å². The van der Waals surface area contributed by atoms with Gasteiger partial charge in [0.1, 0.15) is 0 Å². The second-order valence-corrected chi connectivity index (χ2v) is 14.8. The van der Waals surface area contributed by atoms with Crippen LogP contribution in [0.25, 0.3) is 0 Å². The smallest absolute Gasteiger partial charge is 0.391 e. The molecule has 0 spiro atoms. The molecule has 1 saturated carbocycles. The molecule has 3 atom stereocenters. The minimum atomic E-state index is -4.12. The highest BCUT2D eigenvalue weighted by Gasteiger charge is 2.43.